The van der Waals surface area contributed by atoms with Crippen molar-refractivity contribution in [2.45, 2.75) is 6.92 Å². The van der Waals surface area contributed by atoms with Crippen molar-refractivity contribution < 1.29 is 19.1 Å². The molecule has 0 spiro atoms. The fourth-order valence-corrected chi connectivity index (χ4v) is 2.22. The number of likely N-dealkylation sites (N-methyl/N-ethyl adjacent to an activating group) is 1. The second-order valence-electron chi connectivity index (χ2n) is 5.64. The lowest BCUT2D eigenvalue weighted by Gasteiger charge is -2.10. The van der Waals surface area contributed by atoms with Gasteiger partial charge in [0.25, 0.3) is 5.91 Å². The van der Waals surface area contributed by atoms with Crippen LogP contribution in [0.25, 0.3) is 0 Å². The third kappa shape index (κ3) is 6.40. The fourth-order valence-electron chi connectivity index (χ4n) is 2.04. The number of nitrogens with zero attached hydrogens (tertiary/aromatic N) is 1. The number of carbonyl (C=O) groups is 3. The second kappa shape index (κ2) is 10.1. The van der Waals surface area contributed by atoms with Crippen molar-refractivity contribution in [2.24, 2.45) is 5.10 Å². The summed E-state index contributed by atoms with van der Waals surface area (Å²) in [6, 6.07) is 11.9. The first-order valence-electron chi connectivity index (χ1n) is 8.23. The molecule has 0 saturated carbocycles. The minimum atomic E-state index is -0.861. The predicted molar refractivity (Wildman–Crippen MR) is 107 cm³/mol. The third-order valence-electron chi connectivity index (χ3n) is 3.54. The highest BCUT2D eigenvalue weighted by molar-refractivity contribution is 6.35. The van der Waals surface area contributed by atoms with Gasteiger partial charge in [-0.05, 0) is 54.4 Å². The number of rotatable bonds is 6. The van der Waals surface area contributed by atoms with Crippen molar-refractivity contribution in [3.05, 3.63) is 58.6 Å². The van der Waals surface area contributed by atoms with Crippen molar-refractivity contribution >= 4 is 41.2 Å². The monoisotopic (exact) mass is 402 g/mol. The summed E-state index contributed by atoms with van der Waals surface area (Å²) in [6.07, 6.45) is 1.37. The van der Waals surface area contributed by atoms with Crippen molar-refractivity contribution in [3.63, 3.8) is 0 Å². The van der Waals surface area contributed by atoms with Crippen LogP contribution in [0.1, 0.15) is 11.1 Å². The molecule has 8 nitrogen and oxygen atoms in total. The Morgan fingerprint density at radius 3 is 2.50 bits per heavy atom. The lowest BCUT2D eigenvalue weighted by Crippen LogP contribution is -2.35. The van der Waals surface area contributed by atoms with E-state index < -0.39 is 11.8 Å². The van der Waals surface area contributed by atoms with Crippen LogP contribution in [0.3, 0.4) is 0 Å². The molecule has 0 heterocycles. The largest absolute Gasteiger partial charge is 0.484 e. The highest BCUT2D eigenvalue weighted by atomic mass is 35.5. The van der Waals surface area contributed by atoms with Gasteiger partial charge in [0.2, 0.25) is 0 Å². The van der Waals surface area contributed by atoms with Crippen molar-refractivity contribution in [1.82, 2.24) is 10.7 Å². The van der Waals surface area contributed by atoms with Crippen LogP contribution in [0.15, 0.2) is 47.6 Å². The van der Waals surface area contributed by atoms with E-state index in [1.54, 1.807) is 36.4 Å². The maximum atomic E-state index is 12.0. The molecular formula is C19H19ClN4O4. The average Bonchev–Trinajstić information content (AvgIpc) is 2.69. The van der Waals surface area contributed by atoms with Crippen molar-refractivity contribution in [3.8, 4) is 5.75 Å². The molecule has 0 aromatic heterocycles. The topological polar surface area (TPSA) is 109 Å². The van der Waals surface area contributed by atoms with Gasteiger partial charge in [0.1, 0.15) is 5.75 Å². The van der Waals surface area contributed by atoms with Gasteiger partial charge in [0.15, 0.2) is 6.61 Å². The zero-order valence-electron chi connectivity index (χ0n) is 15.3. The molecule has 2 rings (SSSR count). The second-order valence-corrected chi connectivity index (χ2v) is 6.08. The van der Waals surface area contributed by atoms with Gasteiger partial charge in [-0.15, -0.1) is 0 Å². The molecule has 3 N–H and O–H groups in total. The minimum absolute atomic E-state index is 0.165. The van der Waals surface area contributed by atoms with Gasteiger partial charge in [-0.1, -0.05) is 17.7 Å². The molecule has 0 unspecified atom stereocenters. The zero-order valence-corrected chi connectivity index (χ0v) is 16.0. The molecule has 0 atom stereocenters. The van der Waals surface area contributed by atoms with E-state index in [2.05, 4.69) is 21.2 Å². The first-order valence-corrected chi connectivity index (χ1v) is 8.61. The van der Waals surface area contributed by atoms with Gasteiger partial charge in [-0.2, -0.15) is 5.10 Å². The van der Waals surface area contributed by atoms with Crippen molar-refractivity contribution in [2.75, 3.05) is 19.0 Å². The number of carbonyl (C=O) groups excluding carboxylic acids is 3. The molecule has 28 heavy (non-hydrogen) atoms. The number of halogens is 1. The summed E-state index contributed by atoms with van der Waals surface area (Å²) in [6.45, 7) is 1.70. The predicted octanol–water partition coefficient (Wildman–Crippen LogP) is 1.86. The van der Waals surface area contributed by atoms with Crippen LogP contribution in [-0.2, 0) is 14.4 Å². The Kier molecular flexibility index (Phi) is 7.53. The minimum Gasteiger partial charge on any atom is -0.484 e. The Bertz CT molecular complexity index is 897. The summed E-state index contributed by atoms with van der Waals surface area (Å²) in [7, 11) is 1.35. The van der Waals surface area contributed by atoms with E-state index in [0.717, 1.165) is 5.56 Å². The van der Waals surface area contributed by atoms with Gasteiger partial charge in [-0.25, -0.2) is 5.43 Å². The molecule has 0 fully saturated rings. The SMILES string of the molecule is CNC(=O)C(=O)N/N=C\c1ccc(OCC(=O)Nc2cc(Cl)ccc2C)cc1. The number of ether oxygens (including phenoxy) is 1. The molecular weight excluding hydrogens is 384 g/mol. The van der Waals surface area contributed by atoms with Crippen LogP contribution in [0, 0.1) is 6.92 Å². The molecule has 0 aliphatic rings. The summed E-state index contributed by atoms with van der Waals surface area (Å²) in [4.78, 5) is 34.3. The van der Waals surface area contributed by atoms with Crippen LogP contribution in [-0.4, -0.2) is 37.6 Å². The van der Waals surface area contributed by atoms with Gasteiger partial charge >= 0.3 is 11.8 Å². The smallest absolute Gasteiger partial charge is 0.329 e. The maximum absolute atomic E-state index is 12.0. The normalized spacial score (nSPS) is 10.4. The van der Waals surface area contributed by atoms with Crippen LogP contribution in [0.2, 0.25) is 5.02 Å². The number of hydrogen-bond donors (Lipinski definition) is 3. The lowest BCUT2D eigenvalue weighted by atomic mass is 10.2. The van der Waals surface area contributed by atoms with Crippen molar-refractivity contribution in [1.29, 1.82) is 0 Å². The molecule has 0 aliphatic carbocycles. The maximum Gasteiger partial charge on any atom is 0.329 e. The number of hydrogen-bond acceptors (Lipinski definition) is 5. The van der Waals surface area contributed by atoms with Gasteiger partial charge in [-0.3, -0.25) is 14.4 Å². The summed E-state index contributed by atoms with van der Waals surface area (Å²) in [5.74, 6) is -1.47. The van der Waals surface area contributed by atoms with Crippen LogP contribution in [0.5, 0.6) is 5.75 Å². The molecule has 0 bridgehead atoms. The molecule has 146 valence electrons. The third-order valence-corrected chi connectivity index (χ3v) is 3.77. The Hall–Kier alpha value is -3.39. The molecule has 9 heteroatoms. The zero-order chi connectivity index (χ0) is 20.5. The van der Waals surface area contributed by atoms with Crippen LogP contribution >= 0.6 is 11.6 Å². The summed E-state index contributed by atoms with van der Waals surface area (Å²) in [5.41, 5.74) is 4.29. The Morgan fingerprint density at radius 1 is 1.11 bits per heavy atom. The number of hydrazone groups is 1. The molecule has 0 aliphatic heterocycles. The Morgan fingerprint density at radius 2 is 1.82 bits per heavy atom. The molecule has 3 amide bonds. The van der Waals surface area contributed by atoms with E-state index in [4.69, 9.17) is 16.3 Å². The number of amides is 3. The molecule has 2 aromatic rings. The molecule has 0 radical (unpaired) electrons. The van der Waals surface area contributed by atoms with Gasteiger partial charge in [0, 0.05) is 17.8 Å². The lowest BCUT2D eigenvalue weighted by molar-refractivity contribution is -0.138. The summed E-state index contributed by atoms with van der Waals surface area (Å²) >= 11 is 5.93. The van der Waals surface area contributed by atoms with E-state index in [1.165, 1.54) is 13.3 Å². The molecule has 0 saturated heterocycles. The Labute approximate surface area is 166 Å². The Balaban J connectivity index is 1.83. The first-order chi connectivity index (χ1) is 13.4. The number of aryl methyl sites for hydroxylation is 1. The van der Waals surface area contributed by atoms with E-state index in [1.807, 2.05) is 13.0 Å². The van der Waals surface area contributed by atoms with E-state index in [0.29, 0.717) is 22.0 Å². The van der Waals surface area contributed by atoms with Gasteiger partial charge in [0.05, 0.1) is 6.21 Å². The number of anilines is 1. The van der Waals surface area contributed by atoms with Crippen LogP contribution < -0.4 is 20.8 Å². The van der Waals surface area contributed by atoms with Gasteiger partial charge < -0.3 is 15.4 Å². The molecule has 2 aromatic carbocycles. The highest BCUT2D eigenvalue weighted by Gasteiger charge is 2.09. The first kappa shape index (κ1) is 20.9. The average molecular weight is 403 g/mol. The summed E-state index contributed by atoms with van der Waals surface area (Å²) < 4.78 is 5.44. The highest BCUT2D eigenvalue weighted by Crippen LogP contribution is 2.20. The van der Waals surface area contributed by atoms with E-state index in [-0.39, 0.29) is 12.5 Å². The quantitative estimate of drug-likeness (QED) is 0.389. The number of nitrogens with one attached hydrogen (secondary N) is 3. The number of benzene rings is 2. The van der Waals surface area contributed by atoms with Crippen LogP contribution in [0.4, 0.5) is 5.69 Å². The fraction of sp³-hybridized carbons (Fsp3) is 0.158. The summed E-state index contributed by atoms with van der Waals surface area (Å²) in [5, 5.41) is 9.14. The van der Waals surface area contributed by atoms with E-state index in [9.17, 15) is 14.4 Å². The standard InChI is InChI=1S/C19H19ClN4O4/c1-12-3-6-14(20)9-16(12)23-17(25)11-28-15-7-4-13(5-8-15)10-22-24-19(27)18(26)21-2/h3-10H,11H2,1-2H3,(H,21,26)(H,23,25)(H,24,27)/b22-10-. The van der Waals surface area contributed by atoms with E-state index >= 15 is 0 Å².